The molecule has 2 atom stereocenters. The van der Waals surface area contributed by atoms with E-state index < -0.39 is 0 Å². The number of ether oxygens (including phenoxy) is 1. The molecule has 0 unspecified atom stereocenters. The van der Waals surface area contributed by atoms with Crippen molar-refractivity contribution in [1.29, 1.82) is 0 Å². The minimum atomic E-state index is -0.251. The first-order valence-electron chi connectivity index (χ1n) is 6.24. The van der Waals surface area contributed by atoms with Crippen molar-refractivity contribution in [1.82, 2.24) is 0 Å². The Balaban J connectivity index is 1.88. The van der Waals surface area contributed by atoms with Crippen LogP contribution in [0.1, 0.15) is 23.2 Å². The number of rotatable bonds is 4. The molecule has 0 spiro atoms. The molecule has 0 aliphatic heterocycles. The van der Waals surface area contributed by atoms with Gasteiger partial charge in [-0.05, 0) is 30.9 Å². The molecule has 96 valence electrons. The summed E-state index contributed by atoms with van der Waals surface area (Å²) in [4.78, 5) is 11.8. The molecule has 0 N–H and O–H groups in total. The average Bonchev–Trinajstić information content (AvgIpc) is 2.46. The van der Waals surface area contributed by atoms with E-state index in [1.807, 2.05) is 18.2 Å². The van der Waals surface area contributed by atoms with Crippen LogP contribution in [0, 0.1) is 11.8 Å². The van der Waals surface area contributed by atoms with Gasteiger partial charge in [0.05, 0.1) is 12.2 Å². The highest BCUT2D eigenvalue weighted by molar-refractivity contribution is 6.18. The fourth-order valence-electron chi connectivity index (χ4n) is 2.16. The molecule has 0 radical (unpaired) electrons. The number of halogens is 1. The number of benzene rings is 1. The van der Waals surface area contributed by atoms with Gasteiger partial charge in [0.25, 0.3) is 0 Å². The minimum absolute atomic E-state index is 0.251. The van der Waals surface area contributed by atoms with E-state index >= 15 is 0 Å². The van der Waals surface area contributed by atoms with Gasteiger partial charge >= 0.3 is 5.97 Å². The molecular formula is C15H17ClO2. The highest BCUT2D eigenvalue weighted by Crippen LogP contribution is 2.27. The van der Waals surface area contributed by atoms with Crippen molar-refractivity contribution in [2.24, 2.45) is 11.8 Å². The fourth-order valence-corrected chi connectivity index (χ4v) is 2.54. The minimum Gasteiger partial charge on any atom is -0.462 e. The number of alkyl halides is 1. The number of esters is 1. The van der Waals surface area contributed by atoms with Gasteiger partial charge in [0.15, 0.2) is 0 Å². The summed E-state index contributed by atoms with van der Waals surface area (Å²) in [6.45, 7) is 0.454. The van der Waals surface area contributed by atoms with Crippen molar-refractivity contribution in [2.75, 3.05) is 12.5 Å². The lowest BCUT2D eigenvalue weighted by atomic mass is 9.85. The summed E-state index contributed by atoms with van der Waals surface area (Å²) < 4.78 is 5.37. The van der Waals surface area contributed by atoms with Crippen LogP contribution < -0.4 is 0 Å². The second-order valence-electron chi connectivity index (χ2n) is 4.58. The SMILES string of the molecule is O=C(OC[C@H]1CC=CC[C@@H]1CCl)c1ccccc1. The number of carbonyl (C=O) groups is 1. The number of allylic oxidation sites excluding steroid dienone is 2. The smallest absolute Gasteiger partial charge is 0.338 e. The molecule has 0 saturated heterocycles. The van der Waals surface area contributed by atoms with Crippen LogP contribution in [0.5, 0.6) is 0 Å². The van der Waals surface area contributed by atoms with Crippen LogP contribution in [0.2, 0.25) is 0 Å². The Morgan fingerprint density at radius 3 is 2.50 bits per heavy atom. The zero-order chi connectivity index (χ0) is 12.8. The van der Waals surface area contributed by atoms with Gasteiger partial charge in [-0.3, -0.25) is 0 Å². The van der Waals surface area contributed by atoms with E-state index in [0.717, 1.165) is 12.8 Å². The predicted molar refractivity (Wildman–Crippen MR) is 72.8 cm³/mol. The summed E-state index contributed by atoms with van der Waals surface area (Å²) in [5, 5.41) is 0. The van der Waals surface area contributed by atoms with Crippen molar-refractivity contribution in [3.63, 3.8) is 0 Å². The summed E-state index contributed by atoms with van der Waals surface area (Å²) in [6.07, 6.45) is 6.23. The Hall–Kier alpha value is -1.28. The molecule has 1 aromatic carbocycles. The molecule has 18 heavy (non-hydrogen) atoms. The molecule has 1 aliphatic rings. The Kier molecular flexibility index (Phi) is 4.82. The van der Waals surface area contributed by atoms with E-state index in [1.54, 1.807) is 12.1 Å². The first-order valence-corrected chi connectivity index (χ1v) is 6.78. The van der Waals surface area contributed by atoms with Crippen LogP contribution >= 0.6 is 11.6 Å². The summed E-state index contributed by atoms with van der Waals surface area (Å²) in [6, 6.07) is 9.08. The van der Waals surface area contributed by atoms with Crippen LogP contribution in [-0.2, 0) is 4.74 Å². The maximum absolute atomic E-state index is 11.8. The van der Waals surface area contributed by atoms with Crippen molar-refractivity contribution in [3.8, 4) is 0 Å². The summed E-state index contributed by atoms with van der Waals surface area (Å²) in [5.74, 6) is 1.14. The van der Waals surface area contributed by atoms with Crippen molar-refractivity contribution in [3.05, 3.63) is 48.0 Å². The molecule has 3 heteroatoms. The third-order valence-corrected chi connectivity index (χ3v) is 3.74. The van der Waals surface area contributed by atoms with Crippen molar-refractivity contribution < 1.29 is 9.53 Å². The maximum Gasteiger partial charge on any atom is 0.338 e. The predicted octanol–water partition coefficient (Wildman–Crippen LogP) is 3.66. The molecule has 0 fully saturated rings. The first-order chi connectivity index (χ1) is 8.81. The summed E-state index contributed by atoms with van der Waals surface area (Å²) in [7, 11) is 0. The topological polar surface area (TPSA) is 26.3 Å². The van der Waals surface area contributed by atoms with Gasteiger partial charge in [0.1, 0.15) is 0 Å². The van der Waals surface area contributed by atoms with Crippen LogP contribution in [0.25, 0.3) is 0 Å². The molecule has 0 amide bonds. The van der Waals surface area contributed by atoms with E-state index in [-0.39, 0.29) is 5.97 Å². The Bertz CT molecular complexity index is 414. The number of hydrogen-bond donors (Lipinski definition) is 0. The normalized spacial score (nSPS) is 22.7. The van der Waals surface area contributed by atoms with E-state index in [9.17, 15) is 4.79 Å². The lowest BCUT2D eigenvalue weighted by Crippen LogP contribution is -2.24. The quantitative estimate of drug-likeness (QED) is 0.471. The first kappa shape index (κ1) is 13.2. The largest absolute Gasteiger partial charge is 0.462 e. The van der Waals surface area contributed by atoms with Crippen LogP contribution in [0.3, 0.4) is 0 Å². The second kappa shape index (κ2) is 6.60. The molecule has 2 nitrogen and oxygen atoms in total. The van der Waals surface area contributed by atoms with E-state index in [1.165, 1.54) is 0 Å². The molecule has 2 rings (SSSR count). The van der Waals surface area contributed by atoms with Gasteiger partial charge in [-0.25, -0.2) is 4.79 Å². The molecule has 1 aliphatic carbocycles. The lowest BCUT2D eigenvalue weighted by Gasteiger charge is -2.26. The molecule has 0 saturated carbocycles. The Morgan fingerprint density at radius 2 is 1.83 bits per heavy atom. The Labute approximate surface area is 113 Å². The third kappa shape index (κ3) is 3.36. The molecule has 0 bridgehead atoms. The zero-order valence-electron chi connectivity index (χ0n) is 10.2. The number of hydrogen-bond acceptors (Lipinski definition) is 2. The maximum atomic E-state index is 11.8. The van der Waals surface area contributed by atoms with Crippen LogP contribution in [0.4, 0.5) is 0 Å². The van der Waals surface area contributed by atoms with Crippen LogP contribution in [-0.4, -0.2) is 18.5 Å². The van der Waals surface area contributed by atoms with Gasteiger partial charge < -0.3 is 4.74 Å². The summed E-state index contributed by atoms with van der Waals surface area (Å²) in [5.41, 5.74) is 0.603. The van der Waals surface area contributed by atoms with Gasteiger partial charge in [-0.15, -0.1) is 11.6 Å². The van der Waals surface area contributed by atoms with Crippen LogP contribution in [0.15, 0.2) is 42.5 Å². The Morgan fingerprint density at radius 1 is 1.17 bits per heavy atom. The van der Waals surface area contributed by atoms with Crippen molar-refractivity contribution in [2.45, 2.75) is 12.8 Å². The monoisotopic (exact) mass is 264 g/mol. The number of carbonyl (C=O) groups excluding carboxylic acids is 1. The lowest BCUT2D eigenvalue weighted by molar-refractivity contribution is 0.0396. The fraction of sp³-hybridized carbons (Fsp3) is 0.400. The van der Waals surface area contributed by atoms with E-state index in [4.69, 9.17) is 16.3 Å². The van der Waals surface area contributed by atoms with Gasteiger partial charge in [-0.1, -0.05) is 30.4 Å². The average molecular weight is 265 g/mol. The second-order valence-corrected chi connectivity index (χ2v) is 4.89. The molecular weight excluding hydrogens is 248 g/mol. The highest BCUT2D eigenvalue weighted by atomic mass is 35.5. The summed E-state index contributed by atoms with van der Waals surface area (Å²) >= 11 is 5.93. The zero-order valence-corrected chi connectivity index (χ0v) is 11.0. The highest BCUT2D eigenvalue weighted by Gasteiger charge is 2.23. The third-order valence-electron chi connectivity index (χ3n) is 3.35. The molecule has 1 aromatic rings. The van der Waals surface area contributed by atoms with Gasteiger partial charge in [-0.2, -0.15) is 0 Å². The van der Waals surface area contributed by atoms with E-state index in [0.29, 0.717) is 29.9 Å². The van der Waals surface area contributed by atoms with E-state index in [2.05, 4.69) is 12.2 Å². The molecule has 0 aromatic heterocycles. The van der Waals surface area contributed by atoms with Gasteiger partial charge in [0.2, 0.25) is 0 Å². The standard InChI is InChI=1S/C15H17ClO2/c16-10-13-8-4-5-9-14(13)11-18-15(17)12-6-2-1-3-7-12/h1-7,13-14H,8-11H2/t13-,14-/m1/s1. The van der Waals surface area contributed by atoms with Gasteiger partial charge in [0, 0.05) is 11.8 Å². The van der Waals surface area contributed by atoms with Crippen molar-refractivity contribution >= 4 is 17.6 Å². The molecule has 0 heterocycles.